The Bertz CT molecular complexity index is 1060. The molecule has 2 aromatic carbocycles. The van der Waals surface area contributed by atoms with E-state index in [0.717, 1.165) is 12.8 Å². The van der Waals surface area contributed by atoms with Gasteiger partial charge in [0.2, 0.25) is 9.84 Å². The van der Waals surface area contributed by atoms with Gasteiger partial charge in [0.25, 0.3) is 0 Å². The van der Waals surface area contributed by atoms with Crippen LogP contribution in [0.1, 0.15) is 123 Å². The molecule has 0 radical (unpaired) electrons. The van der Waals surface area contributed by atoms with Crippen LogP contribution in [0.4, 0.5) is 5.69 Å². The van der Waals surface area contributed by atoms with Crippen molar-refractivity contribution in [3.8, 4) is 11.5 Å². The van der Waals surface area contributed by atoms with Crippen LogP contribution in [-0.2, 0) is 15.3 Å². The van der Waals surface area contributed by atoms with Gasteiger partial charge in [0, 0.05) is 11.6 Å². The maximum atomic E-state index is 13.3. The van der Waals surface area contributed by atoms with E-state index in [-0.39, 0.29) is 21.2 Å². The lowest BCUT2D eigenvalue weighted by atomic mass is 9.85. The second-order valence-electron chi connectivity index (χ2n) is 11.5. The van der Waals surface area contributed by atoms with Crippen LogP contribution in [0, 0.1) is 0 Å². The highest BCUT2D eigenvalue weighted by Crippen LogP contribution is 2.45. The van der Waals surface area contributed by atoms with Gasteiger partial charge in [0.05, 0.1) is 17.2 Å². The molecule has 0 heterocycles. The largest absolute Gasteiger partial charge is 0.506 e. The predicted molar refractivity (Wildman–Crippen MR) is 159 cm³/mol. The SMILES string of the molecule is CCCCCCCCCCCCCCCCOc1cc(O)c(S(=O)(=O)c2ccccc2)c(N)c1C(C)(C)C. The van der Waals surface area contributed by atoms with Gasteiger partial charge in [-0.15, -0.1) is 0 Å². The second-order valence-corrected chi connectivity index (χ2v) is 13.4. The van der Waals surface area contributed by atoms with Gasteiger partial charge < -0.3 is 15.6 Å². The smallest absolute Gasteiger partial charge is 0.212 e. The van der Waals surface area contributed by atoms with Crippen LogP contribution in [0.5, 0.6) is 11.5 Å². The first-order valence-corrected chi connectivity index (χ1v) is 16.2. The van der Waals surface area contributed by atoms with Gasteiger partial charge in [-0.05, 0) is 24.0 Å². The standard InChI is InChI=1S/C32H51NO4S/c1-5-6-7-8-9-10-11-12-13-14-15-16-17-21-24-37-28-25-27(34)31(30(33)29(28)32(2,3)4)38(35,36)26-22-19-18-20-23-26/h18-20,22-23,25,34H,5-17,21,24,33H2,1-4H3. The number of nitrogens with two attached hydrogens (primary N) is 1. The highest BCUT2D eigenvalue weighted by Gasteiger charge is 2.32. The molecule has 6 heteroatoms. The lowest BCUT2D eigenvalue weighted by Gasteiger charge is -2.27. The molecule has 2 rings (SSSR count). The van der Waals surface area contributed by atoms with Crippen molar-refractivity contribution in [2.24, 2.45) is 0 Å². The molecule has 0 aliphatic heterocycles. The molecule has 214 valence electrons. The first-order chi connectivity index (χ1) is 18.1. The van der Waals surface area contributed by atoms with Crippen LogP contribution in [-0.4, -0.2) is 20.1 Å². The predicted octanol–water partition coefficient (Wildman–Crippen LogP) is 8.96. The third kappa shape index (κ3) is 9.83. The van der Waals surface area contributed by atoms with Crippen LogP contribution in [0.3, 0.4) is 0 Å². The van der Waals surface area contributed by atoms with E-state index in [1.54, 1.807) is 18.2 Å². The normalized spacial score (nSPS) is 12.1. The number of phenolic OH excluding ortho intramolecular Hbond substituents is 1. The van der Waals surface area contributed by atoms with Crippen molar-refractivity contribution in [2.45, 2.75) is 133 Å². The summed E-state index contributed by atoms with van der Waals surface area (Å²) < 4.78 is 32.7. The molecule has 0 aliphatic carbocycles. The van der Waals surface area contributed by atoms with Gasteiger partial charge in [-0.2, -0.15) is 0 Å². The Morgan fingerprint density at radius 3 is 1.74 bits per heavy atom. The number of hydrogen-bond donors (Lipinski definition) is 2. The zero-order chi connectivity index (χ0) is 28.0. The Hall–Kier alpha value is -2.21. The Labute approximate surface area is 232 Å². The summed E-state index contributed by atoms with van der Waals surface area (Å²) in [4.78, 5) is -0.157. The van der Waals surface area contributed by atoms with Crippen molar-refractivity contribution >= 4 is 15.5 Å². The van der Waals surface area contributed by atoms with Crippen molar-refractivity contribution < 1.29 is 18.3 Å². The molecule has 2 aromatic rings. The average molecular weight is 546 g/mol. The lowest BCUT2D eigenvalue weighted by Crippen LogP contribution is -2.19. The fourth-order valence-electron chi connectivity index (χ4n) is 5.01. The highest BCUT2D eigenvalue weighted by atomic mass is 32.2. The number of aromatic hydroxyl groups is 1. The lowest BCUT2D eigenvalue weighted by molar-refractivity contribution is 0.294. The monoisotopic (exact) mass is 545 g/mol. The molecule has 0 atom stereocenters. The van der Waals surface area contributed by atoms with E-state index in [2.05, 4.69) is 6.92 Å². The summed E-state index contributed by atoms with van der Waals surface area (Å²) >= 11 is 0. The third-order valence-corrected chi connectivity index (χ3v) is 8.95. The molecule has 0 bridgehead atoms. The number of rotatable bonds is 18. The minimum Gasteiger partial charge on any atom is -0.506 e. The number of benzene rings is 2. The van der Waals surface area contributed by atoms with Crippen LogP contribution >= 0.6 is 0 Å². The van der Waals surface area contributed by atoms with Crippen molar-refractivity contribution in [1.82, 2.24) is 0 Å². The van der Waals surface area contributed by atoms with Gasteiger partial charge in [0.15, 0.2) is 0 Å². The molecule has 0 aromatic heterocycles. The van der Waals surface area contributed by atoms with Gasteiger partial charge in [-0.25, -0.2) is 8.42 Å². The maximum Gasteiger partial charge on any atom is 0.212 e. The van der Waals surface area contributed by atoms with Crippen molar-refractivity contribution in [1.29, 1.82) is 0 Å². The fraction of sp³-hybridized carbons (Fsp3) is 0.625. The summed E-state index contributed by atoms with van der Waals surface area (Å²) in [6, 6.07) is 9.47. The molecule has 0 aliphatic rings. The quantitative estimate of drug-likeness (QED) is 0.144. The number of phenols is 1. The van der Waals surface area contributed by atoms with E-state index in [0.29, 0.717) is 17.9 Å². The number of unbranched alkanes of at least 4 members (excludes halogenated alkanes) is 13. The molecule has 0 unspecified atom stereocenters. The van der Waals surface area contributed by atoms with Gasteiger partial charge in [0.1, 0.15) is 16.4 Å². The summed E-state index contributed by atoms with van der Waals surface area (Å²) in [5.41, 5.74) is 6.62. The van der Waals surface area contributed by atoms with Crippen molar-refractivity contribution in [3.05, 3.63) is 42.0 Å². The summed E-state index contributed by atoms with van der Waals surface area (Å²) in [7, 11) is -3.98. The van der Waals surface area contributed by atoms with E-state index < -0.39 is 15.3 Å². The molecule has 38 heavy (non-hydrogen) atoms. The number of ether oxygens (including phenoxy) is 1. The fourth-order valence-corrected chi connectivity index (χ4v) is 6.49. The minimum atomic E-state index is -3.98. The average Bonchev–Trinajstić information content (AvgIpc) is 2.85. The van der Waals surface area contributed by atoms with E-state index >= 15 is 0 Å². The topological polar surface area (TPSA) is 89.6 Å². The third-order valence-electron chi connectivity index (χ3n) is 7.09. The number of anilines is 1. The van der Waals surface area contributed by atoms with Crippen LogP contribution < -0.4 is 10.5 Å². The van der Waals surface area contributed by atoms with E-state index in [4.69, 9.17) is 10.5 Å². The summed E-state index contributed by atoms with van der Waals surface area (Å²) in [5.74, 6) is 0.0736. The van der Waals surface area contributed by atoms with Crippen molar-refractivity contribution in [2.75, 3.05) is 12.3 Å². The maximum absolute atomic E-state index is 13.3. The van der Waals surface area contributed by atoms with Crippen LogP contribution in [0.25, 0.3) is 0 Å². The summed E-state index contributed by atoms with van der Waals surface area (Å²) in [6.07, 6.45) is 18.1. The Morgan fingerprint density at radius 2 is 1.26 bits per heavy atom. The zero-order valence-electron chi connectivity index (χ0n) is 24.2. The van der Waals surface area contributed by atoms with E-state index in [1.165, 1.54) is 95.2 Å². The molecule has 0 saturated heterocycles. The summed E-state index contributed by atoms with van der Waals surface area (Å²) in [5, 5.41) is 10.7. The molecule has 0 fully saturated rings. The molecular formula is C32H51NO4S. The summed E-state index contributed by atoms with van der Waals surface area (Å²) in [6.45, 7) is 8.67. The van der Waals surface area contributed by atoms with Gasteiger partial charge >= 0.3 is 0 Å². The van der Waals surface area contributed by atoms with Crippen LogP contribution in [0.2, 0.25) is 0 Å². The molecule has 5 nitrogen and oxygen atoms in total. The molecule has 0 saturated carbocycles. The van der Waals surface area contributed by atoms with Crippen molar-refractivity contribution in [3.63, 3.8) is 0 Å². The minimum absolute atomic E-state index is 0.0531. The van der Waals surface area contributed by atoms with E-state index in [1.807, 2.05) is 20.8 Å². The second kappa shape index (κ2) is 16.0. The van der Waals surface area contributed by atoms with Crippen LogP contribution in [0.15, 0.2) is 46.2 Å². The number of hydrogen-bond acceptors (Lipinski definition) is 5. The molecule has 3 N–H and O–H groups in total. The molecule has 0 amide bonds. The Morgan fingerprint density at radius 1 is 0.789 bits per heavy atom. The van der Waals surface area contributed by atoms with Gasteiger partial charge in [-0.3, -0.25) is 0 Å². The Balaban J connectivity index is 1.84. The Kier molecular flexibility index (Phi) is 13.5. The number of sulfone groups is 1. The zero-order valence-corrected chi connectivity index (χ0v) is 25.0. The highest BCUT2D eigenvalue weighted by molar-refractivity contribution is 7.91. The first kappa shape index (κ1) is 32.0. The van der Waals surface area contributed by atoms with Gasteiger partial charge in [-0.1, -0.05) is 129 Å². The molecular weight excluding hydrogens is 494 g/mol. The first-order valence-electron chi connectivity index (χ1n) is 14.7. The molecule has 0 spiro atoms. The number of nitrogen functional groups attached to an aromatic ring is 1. The van der Waals surface area contributed by atoms with E-state index in [9.17, 15) is 13.5 Å².